The monoisotopic (exact) mass is 366 g/mol. The Bertz CT molecular complexity index is 963. The van der Waals surface area contributed by atoms with Crippen LogP contribution in [0.3, 0.4) is 0 Å². The number of aryl methyl sites for hydroxylation is 2. The van der Waals surface area contributed by atoms with Crippen LogP contribution in [0.1, 0.15) is 33.4 Å². The van der Waals surface area contributed by atoms with Crippen molar-refractivity contribution < 1.29 is 22.4 Å². The van der Waals surface area contributed by atoms with E-state index in [0.29, 0.717) is 11.4 Å². The summed E-state index contributed by atoms with van der Waals surface area (Å²) in [5, 5.41) is 5.94. The molecule has 0 aliphatic carbocycles. The molecule has 5 nitrogen and oxygen atoms in total. The number of fused-ring (bicyclic) bond motifs is 1. The van der Waals surface area contributed by atoms with E-state index in [1.165, 1.54) is 10.7 Å². The van der Waals surface area contributed by atoms with Crippen LogP contribution in [-0.2, 0) is 0 Å². The molecule has 0 aliphatic rings. The molecule has 136 valence electrons. The van der Waals surface area contributed by atoms with Gasteiger partial charge in [-0.2, -0.15) is 18.3 Å². The van der Waals surface area contributed by atoms with Crippen LogP contribution >= 0.6 is 0 Å². The Morgan fingerprint density at radius 2 is 1.85 bits per heavy atom. The Labute approximate surface area is 145 Å². The van der Waals surface area contributed by atoms with Crippen molar-refractivity contribution in [2.45, 2.75) is 26.1 Å². The first-order valence-corrected chi connectivity index (χ1v) is 7.62. The summed E-state index contributed by atoms with van der Waals surface area (Å²) in [6.45, 7) is 3.45. The van der Waals surface area contributed by atoms with Crippen LogP contribution in [0.25, 0.3) is 5.65 Å². The molecule has 1 amide bonds. The quantitative estimate of drug-likeness (QED) is 0.722. The number of nitrogens with one attached hydrogen (secondary N) is 1. The lowest BCUT2D eigenvalue weighted by atomic mass is 10.1. The molecule has 0 fully saturated rings. The minimum absolute atomic E-state index is 0.0758. The average molecular weight is 366 g/mol. The van der Waals surface area contributed by atoms with Crippen LogP contribution < -0.4 is 5.32 Å². The molecule has 2 heterocycles. The first kappa shape index (κ1) is 17.8. The fourth-order valence-electron chi connectivity index (χ4n) is 2.65. The number of benzene rings is 1. The van der Waals surface area contributed by atoms with Gasteiger partial charge in [-0.25, -0.2) is 13.9 Å². The Morgan fingerprint density at radius 1 is 1.19 bits per heavy atom. The SMILES string of the molecule is Cc1cc(C)n2ncc(C(=O)NC(c3ccc(F)cc3)C(F)(F)F)c2n1. The van der Waals surface area contributed by atoms with E-state index in [4.69, 9.17) is 0 Å². The second kappa shape index (κ2) is 6.40. The molecule has 1 atom stereocenters. The molecule has 1 unspecified atom stereocenters. The van der Waals surface area contributed by atoms with Gasteiger partial charge in [-0.15, -0.1) is 0 Å². The minimum Gasteiger partial charge on any atom is -0.337 e. The first-order valence-electron chi connectivity index (χ1n) is 7.62. The standard InChI is InChI=1S/C17H14F4N4O/c1-9-7-10(2)25-15(23-9)13(8-22-25)16(26)24-14(17(19,20)21)11-3-5-12(18)6-4-11/h3-8,14H,1-2H3,(H,24,26). The summed E-state index contributed by atoms with van der Waals surface area (Å²) >= 11 is 0. The Balaban J connectivity index is 1.97. The zero-order valence-corrected chi connectivity index (χ0v) is 13.8. The molecular formula is C17H14F4N4O. The van der Waals surface area contributed by atoms with Crippen molar-refractivity contribution in [2.24, 2.45) is 0 Å². The molecule has 1 aromatic carbocycles. The fourth-order valence-corrected chi connectivity index (χ4v) is 2.65. The summed E-state index contributed by atoms with van der Waals surface area (Å²) in [6.07, 6.45) is -3.59. The summed E-state index contributed by atoms with van der Waals surface area (Å²) in [7, 11) is 0. The number of hydrogen-bond acceptors (Lipinski definition) is 3. The largest absolute Gasteiger partial charge is 0.412 e. The molecule has 26 heavy (non-hydrogen) atoms. The van der Waals surface area contributed by atoms with Crippen LogP contribution in [0.15, 0.2) is 36.5 Å². The van der Waals surface area contributed by atoms with Crippen molar-refractivity contribution in [3.8, 4) is 0 Å². The normalized spacial score (nSPS) is 13.0. The third-order valence-corrected chi connectivity index (χ3v) is 3.83. The van der Waals surface area contributed by atoms with E-state index in [1.807, 2.05) is 5.32 Å². The van der Waals surface area contributed by atoms with Crippen molar-refractivity contribution in [2.75, 3.05) is 0 Å². The Kier molecular flexibility index (Phi) is 4.39. The summed E-state index contributed by atoms with van der Waals surface area (Å²) in [6, 6.07) is 3.23. The molecule has 0 radical (unpaired) electrons. The first-order chi connectivity index (χ1) is 12.2. The van der Waals surface area contributed by atoms with Crippen LogP contribution in [-0.4, -0.2) is 26.7 Å². The Morgan fingerprint density at radius 3 is 2.46 bits per heavy atom. The smallest absolute Gasteiger partial charge is 0.337 e. The fraction of sp³-hybridized carbons (Fsp3) is 0.235. The second-order valence-electron chi connectivity index (χ2n) is 5.83. The van der Waals surface area contributed by atoms with E-state index < -0.39 is 23.9 Å². The maximum absolute atomic E-state index is 13.4. The lowest BCUT2D eigenvalue weighted by molar-refractivity contribution is -0.155. The van der Waals surface area contributed by atoms with Crippen molar-refractivity contribution in [3.05, 3.63) is 64.9 Å². The highest BCUT2D eigenvalue weighted by Crippen LogP contribution is 2.33. The number of carbonyl (C=O) groups is 1. The third-order valence-electron chi connectivity index (χ3n) is 3.83. The van der Waals surface area contributed by atoms with E-state index >= 15 is 0 Å². The van der Waals surface area contributed by atoms with Gasteiger partial charge < -0.3 is 5.32 Å². The number of carbonyl (C=O) groups excluding carboxylic acids is 1. The maximum atomic E-state index is 13.4. The molecule has 2 aromatic heterocycles. The van der Waals surface area contributed by atoms with Gasteiger partial charge in [-0.05, 0) is 37.6 Å². The van der Waals surface area contributed by atoms with Crippen LogP contribution in [0.2, 0.25) is 0 Å². The molecule has 0 bridgehead atoms. The zero-order valence-electron chi connectivity index (χ0n) is 13.8. The Hall–Kier alpha value is -2.97. The molecule has 0 spiro atoms. The number of hydrogen-bond donors (Lipinski definition) is 1. The van der Waals surface area contributed by atoms with Crippen LogP contribution in [0, 0.1) is 19.7 Å². The summed E-state index contributed by atoms with van der Waals surface area (Å²) < 4.78 is 54.6. The molecule has 9 heteroatoms. The molecule has 0 saturated heterocycles. The molecule has 3 aromatic rings. The molecule has 3 rings (SSSR count). The van der Waals surface area contributed by atoms with Gasteiger partial charge in [-0.3, -0.25) is 4.79 Å². The molecule has 0 aliphatic heterocycles. The number of nitrogens with zero attached hydrogens (tertiary/aromatic N) is 3. The van der Waals surface area contributed by atoms with Gasteiger partial charge in [0, 0.05) is 11.4 Å². The predicted molar refractivity (Wildman–Crippen MR) is 85.1 cm³/mol. The second-order valence-corrected chi connectivity index (χ2v) is 5.83. The van der Waals surface area contributed by atoms with Gasteiger partial charge in [0.1, 0.15) is 11.4 Å². The van der Waals surface area contributed by atoms with Gasteiger partial charge in [-0.1, -0.05) is 12.1 Å². The van der Waals surface area contributed by atoms with Crippen molar-refractivity contribution in [1.82, 2.24) is 19.9 Å². The topological polar surface area (TPSA) is 59.3 Å². The van der Waals surface area contributed by atoms with Crippen molar-refractivity contribution in [3.63, 3.8) is 0 Å². The van der Waals surface area contributed by atoms with Gasteiger partial charge >= 0.3 is 6.18 Å². The lowest BCUT2D eigenvalue weighted by Crippen LogP contribution is -2.38. The number of amides is 1. The molecule has 1 N–H and O–H groups in total. The van der Waals surface area contributed by atoms with Crippen molar-refractivity contribution >= 4 is 11.6 Å². The lowest BCUT2D eigenvalue weighted by Gasteiger charge is -2.21. The van der Waals surface area contributed by atoms with E-state index in [1.54, 1.807) is 19.9 Å². The zero-order chi connectivity index (χ0) is 19.1. The van der Waals surface area contributed by atoms with Gasteiger partial charge in [0.05, 0.1) is 6.20 Å². The van der Waals surface area contributed by atoms with Gasteiger partial charge in [0.25, 0.3) is 5.91 Å². The van der Waals surface area contributed by atoms with Gasteiger partial charge in [0.15, 0.2) is 11.7 Å². The summed E-state index contributed by atoms with van der Waals surface area (Å²) in [5.74, 6) is -1.64. The average Bonchev–Trinajstić information content (AvgIpc) is 2.96. The van der Waals surface area contributed by atoms with Gasteiger partial charge in [0.2, 0.25) is 0 Å². The van der Waals surface area contributed by atoms with E-state index in [-0.39, 0.29) is 16.8 Å². The van der Waals surface area contributed by atoms with Crippen LogP contribution in [0.5, 0.6) is 0 Å². The highest BCUT2D eigenvalue weighted by atomic mass is 19.4. The summed E-state index contributed by atoms with van der Waals surface area (Å²) in [5.41, 5.74) is 1.12. The highest BCUT2D eigenvalue weighted by Gasteiger charge is 2.42. The number of aromatic nitrogens is 3. The summed E-state index contributed by atoms with van der Waals surface area (Å²) in [4.78, 5) is 16.6. The predicted octanol–water partition coefficient (Wildman–Crippen LogP) is 3.52. The highest BCUT2D eigenvalue weighted by molar-refractivity contribution is 5.99. The minimum atomic E-state index is -4.75. The number of halogens is 4. The van der Waals surface area contributed by atoms with E-state index in [2.05, 4.69) is 10.1 Å². The molecule has 0 saturated carbocycles. The maximum Gasteiger partial charge on any atom is 0.412 e. The van der Waals surface area contributed by atoms with Crippen LogP contribution in [0.4, 0.5) is 17.6 Å². The molecular weight excluding hydrogens is 352 g/mol. The van der Waals surface area contributed by atoms with Crippen molar-refractivity contribution in [1.29, 1.82) is 0 Å². The third kappa shape index (κ3) is 3.37. The van der Waals surface area contributed by atoms with E-state index in [9.17, 15) is 22.4 Å². The number of rotatable bonds is 3. The van der Waals surface area contributed by atoms with E-state index in [0.717, 1.165) is 24.3 Å². The number of alkyl halides is 3.